The SMILES string of the molecule is COc1c(C)cc(C)cc1N(C)CC(C)(C)C(=O)O. The Kier molecular flexibility index (Phi) is 4.45. The molecule has 1 aromatic rings. The van der Waals surface area contributed by atoms with Crippen LogP contribution in [0.4, 0.5) is 5.69 Å². The molecule has 0 aliphatic rings. The molecule has 1 rings (SSSR count). The molecule has 0 bridgehead atoms. The Hall–Kier alpha value is -1.71. The molecule has 0 atom stereocenters. The number of anilines is 1. The predicted octanol–water partition coefficient (Wildman–Crippen LogP) is 2.86. The highest BCUT2D eigenvalue weighted by atomic mass is 16.5. The van der Waals surface area contributed by atoms with E-state index in [1.54, 1.807) is 21.0 Å². The van der Waals surface area contributed by atoms with E-state index in [9.17, 15) is 9.90 Å². The van der Waals surface area contributed by atoms with Crippen molar-refractivity contribution in [3.8, 4) is 5.75 Å². The first kappa shape index (κ1) is 15.3. The van der Waals surface area contributed by atoms with Crippen LogP contribution in [-0.4, -0.2) is 31.8 Å². The van der Waals surface area contributed by atoms with E-state index in [1.165, 1.54) is 0 Å². The maximum atomic E-state index is 11.2. The minimum absolute atomic E-state index is 0.418. The highest BCUT2D eigenvalue weighted by Crippen LogP contribution is 2.34. The summed E-state index contributed by atoms with van der Waals surface area (Å²) < 4.78 is 5.44. The largest absolute Gasteiger partial charge is 0.494 e. The van der Waals surface area contributed by atoms with E-state index in [0.717, 1.165) is 22.6 Å². The van der Waals surface area contributed by atoms with E-state index in [0.29, 0.717) is 6.54 Å². The predicted molar refractivity (Wildman–Crippen MR) is 77.2 cm³/mol. The summed E-state index contributed by atoms with van der Waals surface area (Å²) in [6, 6.07) is 4.07. The number of carbonyl (C=O) groups is 1. The van der Waals surface area contributed by atoms with Gasteiger partial charge in [0, 0.05) is 13.6 Å². The van der Waals surface area contributed by atoms with Gasteiger partial charge in [-0.05, 0) is 44.9 Å². The molecule has 4 nitrogen and oxygen atoms in total. The van der Waals surface area contributed by atoms with Crippen LogP contribution in [0.2, 0.25) is 0 Å². The third-order valence-corrected chi connectivity index (χ3v) is 3.23. The van der Waals surface area contributed by atoms with Crippen LogP contribution < -0.4 is 9.64 Å². The third-order valence-electron chi connectivity index (χ3n) is 3.23. The summed E-state index contributed by atoms with van der Waals surface area (Å²) in [6.07, 6.45) is 0. The molecule has 0 amide bonds. The van der Waals surface area contributed by atoms with E-state index in [1.807, 2.05) is 31.9 Å². The number of aliphatic carboxylic acids is 1. The van der Waals surface area contributed by atoms with Gasteiger partial charge in [-0.2, -0.15) is 0 Å². The summed E-state index contributed by atoms with van der Waals surface area (Å²) in [7, 11) is 3.53. The molecule has 0 heterocycles. The maximum absolute atomic E-state index is 11.2. The van der Waals surface area contributed by atoms with Crippen LogP contribution in [0.5, 0.6) is 5.75 Å². The molecule has 0 spiro atoms. The van der Waals surface area contributed by atoms with Gasteiger partial charge in [0.1, 0.15) is 5.75 Å². The number of methoxy groups -OCH3 is 1. The Labute approximate surface area is 115 Å². The van der Waals surface area contributed by atoms with Gasteiger partial charge in [0.2, 0.25) is 0 Å². The van der Waals surface area contributed by atoms with Crippen molar-refractivity contribution in [3.63, 3.8) is 0 Å². The Morgan fingerprint density at radius 2 is 1.95 bits per heavy atom. The lowest BCUT2D eigenvalue weighted by atomic mass is 9.93. The van der Waals surface area contributed by atoms with Gasteiger partial charge in [0.25, 0.3) is 0 Å². The number of carboxylic acids is 1. The van der Waals surface area contributed by atoms with Crippen molar-refractivity contribution in [2.24, 2.45) is 5.41 Å². The second-order valence-corrected chi connectivity index (χ2v) is 5.68. The van der Waals surface area contributed by atoms with Crippen LogP contribution in [0, 0.1) is 19.3 Å². The van der Waals surface area contributed by atoms with Crippen LogP contribution in [0.25, 0.3) is 0 Å². The summed E-state index contributed by atoms with van der Waals surface area (Å²) in [5, 5.41) is 9.21. The van der Waals surface area contributed by atoms with E-state index >= 15 is 0 Å². The molecule has 1 N–H and O–H groups in total. The summed E-state index contributed by atoms with van der Waals surface area (Å²) in [5.41, 5.74) is 2.30. The van der Waals surface area contributed by atoms with Crippen LogP contribution in [0.3, 0.4) is 0 Å². The standard InChI is InChI=1S/C15H23NO3/c1-10-7-11(2)13(19-6)12(8-10)16(5)9-15(3,4)14(17)18/h7-8H,9H2,1-6H3,(H,17,18). The smallest absolute Gasteiger partial charge is 0.310 e. The summed E-state index contributed by atoms with van der Waals surface area (Å²) >= 11 is 0. The first-order valence-electron chi connectivity index (χ1n) is 6.29. The second kappa shape index (κ2) is 5.51. The Bertz CT molecular complexity index is 481. The van der Waals surface area contributed by atoms with Crippen molar-refractivity contribution in [2.75, 3.05) is 25.6 Å². The minimum Gasteiger partial charge on any atom is -0.494 e. The molecule has 0 aliphatic carbocycles. The van der Waals surface area contributed by atoms with Gasteiger partial charge >= 0.3 is 5.97 Å². The molecule has 0 saturated heterocycles. The van der Waals surface area contributed by atoms with Gasteiger partial charge in [0.05, 0.1) is 18.2 Å². The fourth-order valence-corrected chi connectivity index (χ4v) is 2.23. The Morgan fingerprint density at radius 3 is 2.42 bits per heavy atom. The molecule has 0 saturated carbocycles. The van der Waals surface area contributed by atoms with E-state index in [4.69, 9.17) is 4.74 Å². The molecule has 0 aliphatic heterocycles. The lowest BCUT2D eigenvalue weighted by Crippen LogP contribution is -2.37. The van der Waals surface area contributed by atoms with Crippen LogP contribution in [-0.2, 0) is 4.79 Å². The number of ether oxygens (including phenoxy) is 1. The zero-order valence-electron chi connectivity index (χ0n) is 12.6. The first-order chi connectivity index (χ1) is 8.69. The van der Waals surface area contributed by atoms with Gasteiger partial charge in [-0.3, -0.25) is 4.79 Å². The number of aryl methyl sites for hydroxylation is 2. The van der Waals surface area contributed by atoms with Gasteiger partial charge < -0.3 is 14.7 Å². The molecular weight excluding hydrogens is 242 g/mol. The van der Waals surface area contributed by atoms with Crippen LogP contribution >= 0.6 is 0 Å². The van der Waals surface area contributed by atoms with Crippen molar-refractivity contribution in [1.82, 2.24) is 0 Å². The van der Waals surface area contributed by atoms with Crippen LogP contribution in [0.1, 0.15) is 25.0 Å². The fourth-order valence-electron chi connectivity index (χ4n) is 2.23. The molecular formula is C15H23NO3. The molecule has 0 fully saturated rings. The highest BCUT2D eigenvalue weighted by molar-refractivity contribution is 5.75. The molecule has 4 heteroatoms. The van der Waals surface area contributed by atoms with Crippen molar-refractivity contribution >= 4 is 11.7 Å². The quantitative estimate of drug-likeness (QED) is 0.889. The third kappa shape index (κ3) is 3.40. The maximum Gasteiger partial charge on any atom is 0.310 e. The second-order valence-electron chi connectivity index (χ2n) is 5.68. The molecule has 106 valence electrons. The highest BCUT2D eigenvalue weighted by Gasteiger charge is 2.29. The Balaban J connectivity index is 3.12. The zero-order valence-corrected chi connectivity index (χ0v) is 12.6. The van der Waals surface area contributed by atoms with Gasteiger partial charge in [-0.1, -0.05) is 6.07 Å². The molecule has 0 aromatic heterocycles. The molecule has 1 aromatic carbocycles. The summed E-state index contributed by atoms with van der Waals surface area (Å²) in [5.74, 6) is -0.00280. The molecule has 0 radical (unpaired) electrons. The molecule has 19 heavy (non-hydrogen) atoms. The summed E-state index contributed by atoms with van der Waals surface area (Å²) in [6.45, 7) is 7.88. The fraction of sp³-hybridized carbons (Fsp3) is 0.533. The average molecular weight is 265 g/mol. The van der Waals surface area contributed by atoms with Crippen molar-refractivity contribution in [2.45, 2.75) is 27.7 Å². The Morgan fingerprint density at radius 1 is 1.37 bits per heavy atom. The van der Waals surface area contributed by atoms with E-state index in [-0.39, 0.29) is 0 Å². The number of nitrogens with zero attached hydrogens (tertiary/aromatic N) is 1. The van der Waals surface area contributed by atoms with E-state index in [2.05, 4.69) is 6.07 Å². The van der Waals surface area contributed by atoms with Gasteiger partial charge in [-0.25, -0.2) is 0 Å². The number of hydrogen-bond donors (Lipinski definition) is 1. The van der Waals surface area contributed by atoms with Gasteiger partial charge in [0.15, 0.2) is 0 Å². The lowest BCUT2D eigenvalue weighted by Gasteiger charge is -2.30. The van der Waals surface area contributed by atoms with Crippen molar-refractivity contribution in [1.29, 1.82) is 0 Å². The van der Waals surface area contributed by atoms with Crippen molar-refractivity contribution < 1.29 is 14.6 Å². The first-order valence-corrected chi connectivity index (χ1v) is 6.29. The number of benzene rings is 1. The average Bonchev–Trinajstić information content (AvgIpc) is 2.27. The van der Waals surface area contributed by atoms with Gasteiger partial charge in [-0.15, -0.1) is 0 Å². The monoisotopic (exact) mass is 265 g/mol. The zero-order chi connectivity index (χ0) is 14.8. The van der Waals surface area contributed by atoms with E-state index < -0.39 is 11.4 Å². The van der Waals surface area contributed by atoms with Crippen LogP contribution in [0.15, 0.2) is 12.1 Å². The number of carboxylic acid groups (broad SMARTS) is 1. The lowest BCUT2D eigenvalue weighted by molar-refractivity contribution is -0.146. The van der Waals surface area contributed by atoms with Crippen molar-refractivity contribution in [3.05, 3.63) is 23.3 Å². The molecule has 0 unspecified atom stereocenters. The normalized spacial score (nSPS) is 11.3. The minimum atomic E-state index is -0.808. The topological polar surface area (TPSA) is 49.8 Å². The number of hydrogen-bond acceptors (Lipinski definition) is 3. The summed E-state index contributed by atoms with van der Waals surface area (Å²) in [4.78, 5) is 13.2. The number of rotatable bonds is 5.